The van der Waals surface area contributed by atoms with E-state index < -0.39 is 17.2 Å². The maximum atomic E-state index is 12.6. The second-order valence-corrected chi connectivity index (χ2v) is 6.33. The van der Waals surface area contributed by atoms with Crippen LogP contribution in [0.5, 0.6) is 0 Å². The van der Waals surface area contributed by atoms with Crippen LogP contribution in [-0.4, -0.2) is 15.8 Å². The molecule has 0 fully saturated rings. The van der Waals surface area contributed by atoms with E-state index in [1.807, 2.05) is 31.2 Å². The number of benzene rings is 1. The highest BCUT2D eigenvalue weighted by Crippen LogP contribution is 2.42. The maximum absolute atomic E-state index is 12.6. The predicted octanol–water partition coefficient (Wildman–Crippen LogP) is 1.94. The van der Waals surface area contributed by atoms with Crippen LogP contribution in [0.4, 0.5) is 5.82 Å². The van der Waals surface area contributed by atoms with Gasteiger partial charge in [0.25, 0.3) is 5.56 Å². The molecule has 0 saturated heterocycles. The number of fused-ring (bicyclic) bond motifs is 1. The van der Waals surface area contributed by atoms with E-state index in [1.54, 1.807) is 0 Å². The predicted molar refractivity (Wildman–Crippen MR) is 90.2 cm³/mol. The number of aryl methyl sites for hydroxylation is 1. The summed E-state index contributed by atoms with van der Waals surface area (Å²) in [6, 6.07) is 7.80. The number of aromatic amines is 2. The topological polar surface area (TPSA) is 94.8 Å². The van der Waals surface area contributed by atoms with Gasteiger partial charge in [-0.05, 0) is 25.3 Å². The van der Waals surface area contributed by atoms with Crippen LogP contribution in [0.25, 0.3) is 0 Å². The summed E-state index contributed by atoms with van der Waals surface area (Å²) in [6.07, 6.45) is 1.99. The first-order valence-corrected chi connectivity index (χ1v) is 8.01. The monoisotopic (exact) mass is 323 g/mol. The molecule has 1 aliphatic carbocycles. The lowest BCUT2D eigenvalue weighted by Gasteiger charge is -2.32. The summed E-state index contributed by atoms with van der Waals surface area (Å²) in [5, 5.41) is 3.11. The molecule has 1 aromatic heterocycles. The molecule has 0 amide bonds. The largest absolute Gasteiger partial charge is 0.344 e. The number of hydrogen-bond donors (Lipinski definition) is 3. The highest BCUT2D eigenvalue weighted by Gasteiger charge is 2.37. The van der Waals surface area contributed by atoms with Crippen molar-refractivity contribution < 1.29 is 4.79 Å². The third-order valence-corrected chi connectivity index (χ3v) is 4.70. The lowest BCUT2D eigenvalue weighted by Crippen LogP contribution is -2.36. The van der Waals surface area contributed by atoms with E-state index in [4.69, 9.17) is 0 Å². The van der Waals surface area contributed by atoms with Crippen LogP contribution < -0.4 is 16.6 Å². The number of carbonyl (C=O) groups excluding carboxylic acids is 1. The molecule has 2 heterocycles. The van der Waals surface area contributed by atoms with E-state index in [0.29, 0.717) is 23.4 Å². The van der Waals surface area contributed by atoms with Crippen LogP contribution in [0.15, 0.2) is 45.1 Å². The lowest BCUT2D eigenvalue weighted by atomic mass is 9.76. The van der Waals surface area contributed by atoms with Crippen molar-refractivity contribution in [3.8, 4) is 0 Å². The molecule has 0 radical (unpaired) electrons. The summed E-state index contributed by atoms with van der Waals surface area (Å²) < 4.78 is 0. The van der Waals surface area contributed by atoms with Crippen molar-refractivity contribution in [2.45, 2.75) is 32.1 Å². The zero-order chi connectivity index (χ0) is 16.8. The van der Waals surface area contributed by atoms with Gasteiger partial charge in [-0.3, -0.25) is 19.6 Å². The summed E-state index contributed by atoms with van der Waals surface area (Å²) >= 11 is 0. The number of ketones is 1. The van der Waals surface area contributed by atoms with Gasteiger partial charge in [0.15, 0.2) is 5.78 Å². The summed E-state index contributed by atoms with van der Waals surface area (Å²) in [7, 11) is 0. The standard InChI is InChI=1S/C18H17N3O3/c1-9-5-7-10(8-6-9)13-14-11(3-2-4-12(14)22)19-16-15(13)17(23)21-18(24)20-16/h5-8,13H,2-4H2,1H3,(H3,19,20,21,23,24). The smallest absolute Gasteiger partial charge is 0.327 e. The highest BCUT2D eigenvalue weighted by atomic mass is 16.2. The van der Waals surface area contributed by atoms with Crippen molar-refractivity contribution in [3.63, 3.8) is 0 Å². The second-order valence-electron chi connectivity index (χ2n) is 6.33. The average molecular weight is 323 g/mol. The van der Waals surface area contributed by atoms with Crippen molar-refractivity contribution in [1.29, 1.82) is 0 Å². The molecule has 1 unspecified atom stereocenters. The van der Waals surface area contributed by atoms with Crippen molar-refractivity contribution in [1.82, 2.24) is 9.97 Å². The molecule has 2 aromatic rings. The molecule has 0 saturated carbocycles. The first kappa shape index (κ1) is 14.7. The molecule has 6 nitrogen and oxygen atoms in total. The van der Waals surface area contributed by atoms with Gasteiger partial charge in [-0.2, -0.15) is 0 Å². The Bertz CT molecular complexity index is 980. The molecule has 0 bridgehead atoms. The van der Waals surface area contributed by atoms with Gasteiger partial charge in [0.2, 0.25) is 0 Å². The van der Waals surface area contributed by atoms with Crippen LogP contribution in [-0.2, 0) is 4.79 Å². The lowest BCUT2D eigenvalue weighted by molar-refractivity contribution is -0.116. The Morgan fingerprint density at radius 1 is 1.00 bits per heavy atom. The summed E-state index contributed by atoms with van der Waals surface area (Å²) in [6.45, 7) is 1.99. The van der Waals surface area contributed by atoms with Crippen LogP contribution in [0.1, 0.15) is 41.9 Å². The number of aromatic nitrogens is 2. The van der Waals surface area contributed by atoms with Gasteiger partial charge in [-0.15, -0.1) is 0 Å². The van der Waals surface area contributed by atoms with E-state index in [1.165, 1.54) is 0 Å². The van der Waals surface area contributed by atoms with Crippen LogP contribution in [0, 0.1) is 6.92 Å². The molecule has 4 rings (SSSR count). The zero-order valence-corrected chi connectivity index (χ0v) is 13.2. The van der Waals surface area contributed by atoms with Gasteiger partial charge in [0.1, 0.15) is 5.82 Å². The molecule has 122 valence electrons. The molecule has 6 heteroatoms. The number of Topliss-reactive ketones (excluding diaryl/α,β-unsaturated/α-hetero) is 1. The number of anilines is 1. The molecule has 24 heavy (non-hydrogen) atoms. The van der Waals surface area contributed by atoms with Crippen molar-refractivity contribution in [3.05, 3.63) is 73.1 Å². The first-order valence-electron chi connectivity index (χ1n) is 8.01. The number of hydrogen-bond acceptors (Lipinski definition) is 4. The minimum Gasteiger partial charge on any atom is -0.344 e. The molecule has 0 spiro atoms. The van der Waals surface area contributed by atoms with Crippen molar-refractivity contribution in [2.24, 2.45) is 0 Å². The van der Waals surface area contributed by atoms with Crippen molar-refractivity contribution >= 4 is 11.6 Å². The molecular formula is C18H17N3O3. The fraction of sp³-hybridized carbons (Fsp3) is 0.278. The molecule has 2 aliphatic rings. The number of allylic oxidation sites excluding steroid dienone is 2. The number of nitrogens with one attached hydrogen (secondary N) is 3. The Balaban J connectivity index is 2.01. The Morgan fingerprint density at radius 3 is 2.50 bits per heavy atom. The van der Waals surface area contributed by atoms with Gasteiger partial charge < -0.3 is 5.32 Å². The van der Waals surface area contributed by atoms with Crippen LogP contribution in [0.2, 0.25) is 0 Å². The third-order valence-electron chi connectivity index (χ3n) is 4.70. The zero-order valence-electron chi connectivity index (χ0n) is 13.2. The number of carbonyl (C=O) groups is 1. The average Bonchev–Trinajstić information content (AvgIpc) is 2.54. The van der Waals surface area contributed by atoms with E-state index in [0.717, 1.165) is 29.7 Å². The number of H-pyrrole nitrogens is 2. The first-order chi connectivity index (χ1) is 11.5. The minimum atomic E-state index is -0.555. The van der Waals surface area contributed by atoms with E-state index in [9.17, 15) is 14.4 Å². The molecule has 3 N–H and O–H groups in total. The normalized spacial score (nSPS) is 19.5. The number of rotatable bonds is 1. The van der Waals surface area contributed by atoms with Gasteiger partial charge in [0, 0.05) is 23.6 Å². The van der Waals surface area contributed by atoms with E-state index in [-0.39, 0.29) is 5.78 Å². The maximum Gasteiger partial charge on any atom is 0.327 e. The van der Waals surface area contributed by atoms with Crippen LogP contribution in [0.3, 0.4) is 0 Å². The Morgan fingerprint density at radius 2 is 1.75 bits per heavy atom. The fourth-order valence-electron chi connectivity index (χ4n) is 3.59. The minimum absolute atomic E-state index is 0.0607. The quantitative estimate of drug-likeness (QED) is 0.747. The fourth-order valence-corrected chi connectivity index (χ4v) is 3.59. The Kier molecular flexibility index (Phi) is 3.26. The molecule has 1 aliphatic heterocycles. The Labute approximate surface area is 137 Å². The molecule has 1 aromatic carbocycles. The third kappa shape index (κ3) is 2.22. The van der Waals surface area contributed by atoms with Gasteiger partial charge in [-0.25, -0.2) is 4.79 Å². The summed E-state index contributed by atoms with van der Waals surface area (Å²) in [5.74, 6) is -0.00130. The highest BCUT2D eigenvalue weighted by molar-refractivity contribution is 6.00. The van der Waals surface area contributed by atoms with Gasteiger partial charge in [0.05, 0.1) is 5.56 Å². The molecule has 1 atom stereocenters. The SMILES string of the molecule is Cc1ccc(C2C3=C(CCCC3=O)Nc3[nH]c(=O)[nH]c(=O)c32)cc1. The molecular weight excluding hydrogens is 306 g/mol. The van der Waals surface area contributed by atoms with Crippen LogP contribution >= 0.6 is 0 Å². The van der Waals surface area contributed by atoms with Gasteiger partial charge in [-0.1, -0.05) is 29.8 Å². The second kappa shape index (κ2) is 5.33. The van der Waals surface area contributed by atoms with E-state index in [2.05, 4.69) is 15.3 Å². The Hall–Kier alpha value is -2.89. The van der Waals surface area contributed by atoms with Gasteiger partial charge >= 0.3 is 5.69 Å². The van der Waals surface area contributed by atoms with E-state index >= 15 is 0 Å². The summed E-state index contributed by atoms with van der Waals surface area (Å²) in [4.78, 5) is 41.6. The van der Waals surface area contributed by atoms with Crippen molar-refractivity contribution in [2.75, 3.05) is 5.32 Å². The summed E-state index contributed by atoms with van der Waals surface area (Å²) in [5.41, 5.74) is 2.82.